The molecule has 0 aromatic carbocycles. The largest absolute Gasteiger partial charge is 0.312 e. The van der Waals surface area contributed by atoms with Crippen molar-refractivity contribution in [2.24, 2.45) is 5.41 Å². The molecule has 2 aromatic rings. The van der Waals surface area contributed by atoms with Gasteiger partial charge in [-0.1, -0.05) is 13.8 Å². The molecule has 0 aliphatic heterocycles. The van der Waals surface area contributed by atoms with Crippen LogP contribution in [0.15, 0.2) is 10.5 Å². The van der Waals surface area contributed by atoms with Crippen LogP contribution in [0.5, 0.6) is 0 Å². The van der Waals surface area contributed by atoms with Crippen LogP contribution >= 0.6 is 38.6 Å². The molecule has 0 saturated heterocycles. The quantitative estimate of drug-likeness (QED) is 0.787. The Morgan fingerprint density at radius 2 is 2.15 bits per heavy atom. The van der Waals surface area contributed by atoms with Crippen LogP contribution in [0.1, 0.15) is 41.8 Å². The minimum absolute atomic E-state index is 0.331. The molecular weight excluding hydrogens is 352 g/mol. The first-order chi connectivity index (χ1) is 9.39. The van der Waals surface area contributed by atoms with E-state index in [1.807, 2.05) is 22.7 Å². The molecule has 3 rings (SSSR count). The molecule has 1 unspecified atom stereocenters. The van der Waals surface area contributed by atoms with E-state index in [-0.39, 0.29) is 0 Å². The fourth-order valence-electron chi connectivity index (χ4n) is 2.84. The van der Waals surface area contributed by atoms with Gasteiger partial charge in [0.1, 0.15) is 5.01 Å². The van der Waals surface area contributed by atoms with Crippen molar-refractivity contribution in [3.8, 4) is 9.88 Å². The summed E-state index contributed by atoms with van der Waals surface area (Å²) in [6.45, 7) is 6.82. The van der Waals surface area contributed by atoms with Gasteiger partial charge in [-0.2, -0.15) is 0 Å². The van der Waals surface area contributed by atoms with Crippen LogP contribution in [0.25, 0.3) is 9.88 Å². The number of aromatic nitrogens is 1. The third-order valence-corrected chi connectivity index (χ3v) is 7.38. The van der Waals surface area contributed by atoms with E-state index in [1.165, 1.54) is 36.2 Å². The fraction of sp³-hybridized carbons (Fsp3) is 0.533. The Balaban J connectivity index is 2.03. The first kappa shape index (κ1) is 14.7. The van der Waals surface area contributed by atoms with Crippen molar-refractivity contribution in [3.63, 3.8) is 0 Å². The summed E-state index contributed by atoms with van der Waals surface area (Å²) in [4.78, 5) is 8.97. The number of fused-ring (bicyclic) bond motifs is 1. The molecule has 0 fully saturated rings. The second-order valence-corrected chi connectivity index (χ2v) is 9.37. The minimum atomic E-state index is 0.331. The summed E-state index contributed by atoms with van der Waals surface area (Å²) in [5, 5.41) is 4.63. The van der Waals surface area contributed by atoms with Gasteiger partial charge in [-0.15, -0.1) is 22.7 Å². The first-order valence-electron chi connectivity index (χ1n) is 6.83. The van der Waals surface area contributed by atoms with Gasteiger partial charge in [-0.3, -0.25) is 0 Å². The summed E-state index contributed by atoms with van der Waals surface area (Å²) in [7, 11) is 2.06. The van der Waals surface area contributed by atoms with Crippen molar-refractivity contribution >= 4 is 38.6 Å². The smallest absolute Gasteiger partial charge is 0.133 e. The molecular formula is C15H19BrN2S2. The van der Waals surface area contributed by atoms with Gasteiger partial charge in [0, 0.05) is 20.3 Å². The zero-order valence-electron chi connectivity index (χ0n) is 12.2. The number of aryl methyl sites for hydroxylation is 1. The van der Waals surface area contributed by atoms with Crippen LogP contribution in [0.2, 0.25) is 0 Å². The highest BCUT2D eigenvalue weighted by atomic mass is 79.9. The summed E-state index contributed by atoms with van der Waals surface area (Å²) in [6, 6.07) is 2.65. The maximum Gasteiger partial charge on any atom is 0.133 e. The van der Waals surface area contributed by atoms with Crippen molar-refractivity contribution < 1.29 is 0 Å². The van der Waals surface area contributed by atoms with Crippen molar-refractivity contribution in [2.75, 3.05) is 7.05 Å². The van der Waals surface area contributed by atoms with Gasteiger partial charge in [-0.05, 0) is 54.2 Å². The second kappa shape index (κ2) is 5.20. The van der Waals surface area contributed by atoms with Crippen LogP contribution in [0.3, 0.4) is 0 Å². The SMILES string of the molecule is CNC1CC(C)(C)Cc2nc(-c3cc(Br)c(C)s3)sc21. The molecule has 1 N–H and O–H groups in total. The Morgan fingerprint density at radius 3 is 2.75 bits per heavy atom. The molecule has 2 aromatic heterocycles. The average molecular weight is 371 g/mol. The van der Waals surface area contributed by atoms with Gasteiger partial charge < -0.3 is 5.32 Å². The lowest BCUT2D eigenvalue weighted by molar-refractivity contribution is 0.265. The molecule has 0 amide bonds. The molecule has 0 spiro atoms. The highest BCUT2D eigenvalue weighted by Crippen LogP contribution is 2.46. The van der Waals surface area contributed by atoms with E-state index >= 15 is 0 Å². The number of halogens is 1. The van der Waals surface area contributed by atoms with Gasteiger partial charge in [0.2, 0.25) is 0 Å². The van der Waals surface area contributed by atoms with Gasteiger partial charge in [0.15, 0.2) is 0 Å². The van der Waals surface area contributed by atoms with Crippen molar-refractivity contribution in [2.45, 2.75) is 39.7 Å². The Bertz CT molecular complexity index is 623. The standard InChI is InChI=1S/C15H19BrN2S2/c1-8-9(16)5-12(19-8)14-18-11-7-15(2,3)6-10(17-4)13(11)20-14/h5,10,17H,6-7H2,1-4H3. The number of nitrogens with zero attached hydrogens (tertiary/aromatic N) is 1. The normalized spacial score (nSPS) is 20.9. The number of hydrogen-bond acceptors (Lipinski definition) is 4. The average Bonchev–Trinajstić information content (AvgIpc) is 2.91. The summed E-state index contributed by atoms with van der Waals surface area (Å²) in [5.74, 6) is 0. The predicted octanol–water partition coefficient (Wildman–Crippen LogP) is 5.18. The highest BCUT2D eigenvalue weighted by molar-refractivity contribution is 9.10. The molecule has 0 bridgehead atoms. The van der Waals surface area contributed by atoms with Crippen molar-refractivity contribution in [1.29, 1.82) is 0 Å². The Kier molecular flexibility index (Phi) is 3.82. The molecule has 1 atom stereocenters. The van der Waals surface area contributed by atoms with Crippen molar-refractivity contribution in [3.05, 3.63) is 26.0 Å². The lowest BCUT2D eigenvalue weighted by Crippen LogP contribution is -2.30. The number of thiazole rings is 1. The molecule has 108 valence electrons. The third kappa shape index (κ3) is 2.61. The lowest BCUT2D eigenvalue weighted by atomic mass is 9.76. The van der Waals surface area contributed by atoms with Gasteiger partial charge in [0.25, 0.3) is 0 Å². The number of thiophene rings is 1. The molecule has 1 aliphatic rings. The maximum atomic E-state index is 4.94. The molecule has 0 radical (unpaired) electrons. The summed E-state index contributed by atoms with van der Waals surface area (Å²) < 4.78 is 1.19. The van der Waals surface area contributed by atoms with Crippen LogP contribution in [-0.2, 0) is 6.42 Å². The van der Waals surface area contributed by atoms with Gasteiger partial charge in [-0.25, -0.2) is 4.98 Å². The van der Waals surface area contributed by atoms with E-state index in [9.17, 15) is 0 Å². The van der Waals surface area contributed by atoms with Crippen LogP contribution in [0, 0.1) is 12.3 Å². The Labute approximate surface area is 136 Å². The number of nitrogens with one attached hydrogen (secondary N) is 1. The van der Waals surface area contributed by atoms with Crippen LogP contribution in [0.4, 0.5) is 0 Å². The lowest BCUT2D eigenvalue weighted by Gasteiger charge is -2.34. The fourth-order valence-corrected chi connectivity index (χ4v) is 5.61. The summed E-state index contributed by atoms with van der Waals surface area (Å²) in [6.07, 6.45) is 2.27. The first-order valence-corrected chi connectivity index (χ1v) is 9.25. The van der Waals surface area contributed by atoms with E-state index in [4.69, 9.17) is 4.98 Å². The minimum Gasteiger partial charge on any atom is -0.312 e. The van der Waals surface area contributed by atoms with E-state index in [1.54, 1.807) is 0 Å². The Morgan fingerprint density at radius 1 is 1.40 bits per heavy atom. The summed E-state index contributed by atoms with van der Waals surface area (Å²) >= 11 is 7.28. The molecule has 2 heterocycles. The maximum absolute atomic E-state index is 4.94. The van der Waals surface area contributed by atoms with Gasteiger partial charge in [0.05, 0.1) is 10.6 Å². The topological polar surface area (TPSA) is 24.9 Å². The molecule has 1 aliphatic carbocycles. The van der Waals surface area contributed by atoms with E-state index < -0.39 is 0 Å². The van der Waals surface area contributed by atoms with Crippen LogP contribution < -0.4 is 5.32 Å². The third-order valence-electron chi connectivity index (χ3n) is 3.86. The van der Waals surface area contributed by atoms with Crippen molar-refractivity contribution in [1.82, 2.24) is 10.3 Å². The van der Waals surface area contributed by atoms with Gasteiger partial charge >= 0.3 is 0 Å². The number of hydrogen-bond donors (Lipinski definition) is 1. The second-order valence-electron chi connectivity index (χ2n) is 6.23. The predicted molar refractivity (Wildman–Crippen MR) is 91.8 cm³/mol. The molecule has 0 saturated carbocycles. The Hall–Kier alpha value is -0.230. The summed E-state index contributed by atoms with van der Waals surface area (Å²) in [5.41, 5.74) is 1.63. The van der Waals surface area contributed by atoms with E-state index in [0.717, 1.165) is 6.42 Å². The molecule has 2 nitrogen and oxygen atoms in total. The van der Waals surface area contributed by atoms with E-state index in [0.29, 0.717) is 11.5 Å². The highest BCUT2D eigenvalue weighted by Gasteiger charge is 2.34. The molecule has 20 heavy (non-hydrogen) atoms. The van der Waals surface area contributed by atoms with Crippen LogP contribution in [-0.4, -0.2) is 12.0 Å². The monoisotopic (exact) mass is 370 g/mol. The molecule has 5 heteroatoms. The van der Waals surface area contributed by atoms with E-state index in [2.05, 4.69) is 55.1 Å². The number of rotatable bonds is 2. The zero-order chi connectivity index (χ0) is 14.5. The zero-order valence-corrected chi connectivity index (χ0v) is 15.4.